The summed E-state index contributed by atoms with van der Waals surface area (Å²) in [7, 11) is -0.827. The third-order valence-electron chi connectivity index (χ3n) is 8.28. The molecule has 2 N–H and O–H groups in total. The summed E-state index contributed by atoms with van der Waals surface area (Å²) in [6, 6.07) is 5.23. The van der Waals surface area contributed by atoms with Crippen LogP contribution in [0.1, 0.15) is 90.5 Å². The summed E-state index contributed by atoms with van der Waals surface area (Å²) in [5.41, 5.74) is -1.65. The van der Waals surface area contributed by atoms with Crippen molar-refractivity contribution in [2.45, 2.75) is 105 Å². The van der Waals surface area contributed by atoms with Crippen molar-refractivity contribution in [3.05, 3.63) is 59.0 Å². The SMILES string of the molecule is CCC(C)(CNC(=O)c1c(C)nc2c(OCc3c(F)cccc3F)cc(B3OC(C)(C)C(C)(C)O3)cn12)NC(=O)OC(C)(C)C. The van der Waals surface area contributed by atoms with Crippen LogP contribution in [0.15, 0.2) is 30.5 Å². The largest absolute Gasteiger partial charge is 0.496 e. The molecule has 1 atom stereocenters. The molecule has 1 fully saturated rings. The first-order valence-corrected chi connectivity index (χ1v) is 15.0. The Hall–Kier alpha value is -3.71. The van der Waals surface area contributed by atoms with Crippen molar-refractivity contribution < 1.29 is 37.2 Å². The number of benzene rings is 1. The number of rotatable bonds is 9. The zero-order valence-electron chi connectivity index (χ0n) is 27.7. The summed E-state index contributed by atoms with van der Waals surface area (Å²) in [6.07, 6.45) is 1.60. The first-order valence-electron chi connectivity index (χ1n) is 15.0. The van der Waals surface area contributed by atoms with Gasteiger partial charge in [0.15, 0.2) is 11.4 Å². The third-order valence-corrected chi connectivity index (χ3v) is 8.28. The molecular formula is C32H43BF2N4O6. The molecule has 244 valence electrons. The number of nitrogens with one attached hydrogen (secondary N) is 2. The lowest BCUT2D eigenvalue weighted by Gasteiger charge is -2.32. The van der Waals surface area contributed by atoms with E-state index >= 15 is 0 Å². The van der Waals surface area contributed by atoms with Crippen molar-refractivity contribution >= 4 is 30.2 Å². The Morgan fingerprint density at radius 1 is 1.07 bits per heavy atom. The fraction of sp³-hybridized carbons (Fsp3) is 0.531. The zero-order valence-corrected chi connectivity index (χ0v) is 27.7. The van der Waals surface area contributed by atoms with Crippen molar-refractivity contribution in [1.29, 1.82) is 0 Å². The van der Waals surface area contributed by atoms with Crippen LogP contribution in [-0.4, -0.2) is 57.4 Å². The molecule has 10 nitrogen and oxygen atoms in total. The number of ether oxygens (including phenoxy) is 2. The number of fused-ring (bicyclic) bond motifs is 1. The van der Waals surface area contributed by atoms with E-state index in [0.29, 0.717) is 17.6 Å². The fourth-order valence-electron chi connectivity index (χ4n) is 4.72. The van der Waals surface area contributed by atoms with Gasteiger partial charge in [0, 0.05) is 18.2 Å². The Bertz CT molecular complexity index is 1570. The van der Waals surface area contributed by atoms with Crippen molar-refractivity contribution in [3.8, 4) is 5.75 Å². The minimum absolute atomic E-state index is 0.0983. The van der Waals surface area contributed by atoms with E-state index in [9.17, 15) is 18.4 Å². The van der Waals surface area contributed by atoms with Gasteiger partial charge in [0.25, 0.3) is 5.91 Å². The zero-order chi connectivity index (χ0) is 33.5. The Kier molecular flexibility index (Phi) is 9.30. The monoisotopic (exact) mass is 628 g/mol. The number of halogens is 2. The fourth-order valence-corrected chi connectivity index (χ4v) is 4.72. The lowest BCUT2D eigenvalue weighted by molar-refractivity contribution is 0.00578. The lowest BCUT2D eigenvalue weighted by atomic mass is 9.80. The lowest BCUT2D eigenvalue weighted by Crippen LogP contribution is -2.54. The van der Waals surface area contributed by atoms with Crippen molar-refractivity contribution in [2.24, 2.45) is 0 Å². The van der Waals surface area contributed by atoms with Crippen LogP contribution in [0.25, 0.3) is 5.65 Å². The molecule has 0 saturated carbocycles. The number of imidazole rings is 1. The quantitative estimate of drug-likeness (QED) is 0.313. The molecule has 0 spiro atoms. The van der Waals surface area contributed by atoms with Gasteiger partial charge >= 0.3 is 13.2 Å². The van der Waals surface area contributed by atoms with E-state index in [4.69, 9.17) is 18.8 Å². The molecule has 4 rings (SSSR count). The predicted molar refractivity (Wildman–Crippen MR) is 167 cm³/mol. The Morgan fingerprint density at radius 3 is 2.22 bits per heavy atom. The van der Waals surface area contributed by atoms with E-state index in [1.54, 1.807) is 44.4 Å². The van der Waals surface area contributed by atoms with Crippen molar-refractivity contribution in [2.75, 3.05) is 6.54 Å². The van der Waals surface area contributed by atoms with Crippen LogP contribution in [0.2, 0.25) is 0 Å². The summed E-state index contributed by atoms with van der Waals surface area (Å²) >= 11 is 0. The van der Waals surface area contributed by atoms with Gasteiger partial charge in [0.1, 0.15) is 29.5 Å². The summed E-state index contributed by atoms with van der Waals surface area (Å²) in [5.74, 6) is -1.77. The van der Waals surface area contributed by atoms with E-state index in [0.717, 1.165) is 12.1 Å². The Labute approximate surface area is 263 Å². The van der Waals surface area contributed by atoms with Gasteiger partial charge in [-0.05, 0) is 86.9 Å². The van der Waals surface area contributed by atoms with Gasteiger partial charge in [-0.25, -0.2) is 18.6 Å². The molecule has 3 heterocycles. The van der Waals surface area contributed by atoms with E-state index in [1.807, 2.05) is 41.5 Å². The van der Waals surface area contributed by atoms with Crippen LogP contribution in [-0.2, 0) is 20.7 Å². The molecule has 1 unspecified atom stereocenters. The molecule has 0 radical (unpaired) electrons. The Morgan fingerprint density at radius 2 is 1.67 bits per heavy atom. The number of hydrogen-bond acceptors (Lipinski definition) is 7. The van der Waals surface area contributed by atoms with Crippen LogP contribution >= 0.6 is 0 Å². The van der Waals surface area contributed by atoms with Gasteiger partial charge < -0.3 is 29.4 Å². The first-order chi connectivity index (χ1) is 20.8. The van der Waals surface area contributed by atoms with Crippen molar-refractivity contribution in [1.82, 2.24) is 20.0 Å². The second-order valence-corrected chi connectivity index (χ2v) is 13.7. The molecule has 13 heteroatoms. The number of amides is 2. The minimum atomic E-state index is -0.827. The predicted octanol–water partition coefficient (Wildman–Crippen LogP) is 5.22. The number of pyridine rings is 1. The molecule has 1 aromatic carbocycles. The normalized spacial score (nSPS) is 17.2. The van der Waals surface area contributed by atoms with Crippen molar-refractivity contribution in [3.63, 3.8) is 0 Å². The summed E-state index contributed by atoms with van der Waals surface area (Å²) in [6.45, 7) is 18.0. The summed E-state index contributed by atoms with van der Waals surface area (Å²) in [4.78, 5) is 30.8. The molecule has 2 aromatic heterocycles. The van der Waals surface area contributed by atoms with Gasteiger partial charge in [-0.1, -0.05) is 13.0 Å². The topological polar surface area (TPSA) is 112 Å². The van der Waals surface area contributed by atoms with Crippen LogP contribution in [0.3, 0.4) is 0 Å². The maximum Gasteiger partial charge on any atom is 0.496 e. The highest BCUT2D eigenvalue weighted by molar-refractivity contribution is 6.62. The average Bonchev–Trinajstić information content (AvgIpc) is 3.36. The number of alkyl carbamates (subject to hydrolysis) is 1. The molecule has 3 aromatic rings. The number of hydrogen-bond donors (Lipinski definition) is 2. The number of aryl methyl sites for hydroxylation is 1. The number of carbonyl (C=O) groups is 2. The molecule has 1 saturated heterocycles. The third kappa shape index (κ3) is 7.41. The van der Waals surface area contributed by atoms with Crippen LogP contribution in [0, 0.1) is 18.6 Å². The molecule has 1 aliphatic rings. The molecular weight excluding hydrogens is 585 g/mol. The number of aromatic nitrogens is 2. The highest BCUT2D eigenvalue weighted by Gasteiger charge is 2.52. The maximum absolute atomic E-state index is 14.4. The first kappa shape index (κ1) is 34.2. The highest BCUT2D eigenvalue weighted by atomic mass is 19.1. The van der Waals surface area contributed by atoms with Crippen LogP contribution < -0.4 is 20.8 Å². The average molecular weight is 629 g/mol. The van der Waals surface area contributed by atoms with E-state index in [2.05, 4.69) is 15.6 Å². The molecule has 2 amide bonds. The summed E-state index contributed by atoms with van der Waals surface area (Å²) in [5, 5.41) is 5.76. The maximum atomic E-state index is 14.4. The second kappa shape index (κ2) is 12.2. The molecule has 1 aliphatic heterocycles. The molecule has 0 bridgehead atoms. The molecule has 45 heavy (non-hydrogen) atoms. The smallest absolute Gasteiger partial charge is 0.485 e. The van der Waals surface area contributed by atoms with Gasteiger partial charge in [0.2, 0.25) is 0 Å². The van der Waals surface area contributed by atoms with Crippen LogP contribution in [0.5, 0.6) is 5.75 Å². The highest BCUT2D eigenvalue weighted by Crippen LogP contribution is 2.37. The van der Waals surface area contributed by atoms with Gasteiger partial charge in [-0.2, -0.15) is 0 Å². The minimum Gasteiger partial charge on any atom is -0.485 e. The van der Waals surface area contributed by atoms with Crippen LogP contribution in [0.4, 0.5) is 13.6 Å². The standard InChI is InChI=1S/C32H43BF2N4O6/c1-11-32(10,38-28(41)43-29(3,4)5)18-36-27(40)25-19(2)37-26-24(42-17-21-22(34)13-12-14-23(21)35)15-20(16-39(25)26)33-44-30(6,7)31(8,9)45-33/h12-16H,11,17-18H2,1-10H3,(H,36,40)(H,38,41). The van der Waals surface area contributed by atoms with E-state index < -0.39 is 59.7 Å². The number of nitrogens with zero attached hydrogens (tertiary/aromatic N) is 2. The van der Waals surface area contributed by atoms with Gasteiger partial charge in [0.05, 0.1) is 28.0 Å². The summed E-state index contributed by atoms with van der Waals surface area (Å²) < 4.78 is 54.3. The van der Waals surface area contributed by atoms with Gasteiger partial charge in [-0.15, -0.1) is 0 Å². The molecule has 0 aliphatic carbocycles. The number of carbonyl (C=O) groups excluding carboxylic acids is 2. The van der Waals surface area contributed by atoms with Gasteiger partial charge in [-0.3, -0.25) is 9.20 Å². The van der Waals surface area contributed by atoms with E-state index in [-0.39, 0.29) is 29.2 Å². The Balaban J connectivity index is 1.69. The second-order valence-electron chi connectivity index (χ2n) is 13.7. The van der Waals surface area contributed by atoms with E-state index in [1.165, 1.54) is 6.07 Å².